The number of pyridine rings is 1. The van der Waals surface area contributed by atoms with Crippen molar-refractivity contribution in [2.24, 2.45) is 0 Å². The number of nitro groups is 1. The number of aromatic nitrogens is 1. The molecule has 0 bridgehead atoms. The molecule has 26 heavy (non-hydrogen) atoms. The number of piperazine rings is 1. The molecule has 1 aliphatic heterocycles. The Balaban J connectivity index is 2.18. The van der Waals surface area contributed by atoms with Crippen LogP contribution < -0.4 is 9.64 Å². The summed E-state index contributed by atoms with van der Waals surface area (Å²) in [5.74, 6) is 0.555. The van der Waals surface area contributed by atoms with Gasteiger partial charge in [-0.1, -0.05) is 0 Å². The monoisotopic (exact) mass is 363 g/mol. The molecule has 10 nitrogen and oxygen atoms in total. The molecule has 0 aliphatic carbocycles. The number of hydrogen-bond acceptors (Lipinski definition) is 8. The number of carbonyl (C=O) groups excluding carboxylic acids is 1. The van der Waals surface area contributed by atoms with Crippen LogP contribution in [0.1, 0.15) is 26.5 Å². The quantitative estimate of drug-likeness (QED) is 0.590. The number of nitriles is 1. The Morgan fingerprint density at radius 2 is 1.96 bits per heavy atom. The SMILES string of the molecule is COc1cc([N+](=O)[O-])c(C#N)nc1N1CCN(C(=O)OC(C)(C)C)CC1. The van der Waals surface area contributed by atoms with Gasteiger partial charge in [0, 0.05) is 26.2 Å². The van der Waals surface area contributed by atoms with Gasteiger partial charge in [-0.3, -0.25) is 10.1 Å². The Kier molecular flexibility index (Phi) is 5.50. The maximum atomic E-state index is 12.1. The third-order valence-corrected chi connectivity index (χ3v) is 3.70. The molecule has 1 aromatic rings. The van der Waals surface area contributed by atoms with Crippen molar-refractivity contribution < 1.29 is 19.2 Å². The summed E-state index contributed by atoms with van der Waals surface area (Å²) in [6, 6.07) is 2.94. The predicted octanol–water partition coefficient (Wildman–Crippen LogP) is 1.93. The molecular formula is C16H21N5O5. The lowest BCUT2D eigenvalue weighted by molar-refractivity contribution is -0.385. The number of amides is 1. The van der Waals surface area contributed by atoms with Crippen molar-refractivity contribution in [1.29, 1.82) is 5.26 Å². The van der Waals surface area contributed by atoms with Crippen LogP contribution in [0.4, 0.5) is 16.3 Å². The van der Waals surface area contributed by atoms with Gasteiger partial charge in [-0.15, -0.1) is 0 Å². The van der Waals surface area contributed by atoms with Gasteiger partial charge in [0.05, 0.1) is 18.1 Å². The zero-order valence-corrected chi connectivity index (χ0v) is 15.2. The fourth-order valence-corrected chi connectivity index (χ4v) is 2.50. The van der Waals surface area contributed by atoms with Gasteiger partial charge in [-0.2, -0.15) is 5.26 Å². The van der Waals surface area contributed by atoms with E-state index in [1.165, 1.54) is 13.2 Å². The zero-order chi connectivity index (χ0) is 19.5. The lowest BCUT2D eigenvalue weighted by atomic mass is 10.2. The van der Waals surface area contributed by atoms with Crippen LogP contribution in [0.3, 0.4) is 0 Å². The second kappa shape index (κ2) is 7.43. The molecule has 10 heteroatoms. The average Bonchev–Trinajstić information content (AvgIpc) is 2.59. The first-order valence-electron chi connectivity index (χ1n) is 8.02. The van der Waals surface area contributed by atoms with Crippen LogP contribution in [0.25, 0.3) is 0 Å². The van der Waals surface area contributed by atoms with Crippen molar-refractivity contribution in [3.05, 3.63) is 21.9 Å². The maximum Gasteiger partial charge on any atom is 0.410 e. The number of rotatable bonds is 3. The summed E-state index contributed by atoms with van der Waals surface area (Å²) in [5.41, 5.74) is -1.25. The van der Waals surface area contributed by atoms with Crippen molar-refractivity contribution in [2.45, 2.75) is 26.4 Å². The van der Waals surface area contributed by atoms with Crippen LogP contribution in [0.2, 0.25) is 0 Å². The van der Waals surface area contributed by atoms with Crippen molar-refractivity contribution in [3.8, 4) is 11.8 Å². The molecular weight excluding hydrogens is 342 g/mol. The van der Waals surface area contributed by atoms with Crippen molar-refractivity contribution in [2.75, 3.05) is 38.2 Å². The normalized spacial score (nSPS) is 14.6. The molecule has 1 fully saturated rings. The first-order chi connectivity index (χ1) is 12.2. The number of carbonyl (C=O) groups is 1. The van der Waals surface area contributed by atoms with Gasteiger partial charge in [0.1, 0.15) is 11.7 Å². The van der Waals surface area contributed by atoms with E-state index < -0.39 is 22.3 Å². The van der Waals surface area contributed by atoms with Crippen LogP contribution in [0.5, 0.6) is 5.75 Å². The van der Waals surface area contributed by atoms with E-state index >= 15 is 0 Å². The first-order valence-corrected chi connectivity index (χ1v) is 8.02. The summed E-state index contributed by atoms with van der Waals surface area (Å²) in [6.45, 7) is 7.08. The van der Waals surface area contributed by atoms with E-state index in [1.807, 2.05) is 4.90 Å². The highest BCUT2D eigenvalue weighted by atomic mass is 16.6. The number of nitrogens with zero attached hydrogens (tertiary/aromatic N) is 5. The van der Waals surface area contributed by atoms with E-state index in [-0.39, 0.29) is 11.4 Å². The summed E-state index contributed by atoms with van der Waals surface area (Å²) >= 11 is 0. The Hall–Kier alpha value is -3.09. The second-order valence-corrected chi connectivity index (χ2v) is 6.71. The topological polar surface area (TPSA) is 122 Å². The minimum absolute atomic E-state index is 0.210. The van der Waals surface area contributed by atoms with Gasteiger partial charge in [-0.25, -0.2) is 9.78 Å². The van der Waals surface area contributed by atoms with Crippen LogP contribution >= 0.6 is 0 Å². The van der Waals surface area contributed by atoms with E-state index in [2.05, 4.69) is 4.98 Å². The standard InChI is InChI=1S/C16H21N5O5/c1-16(2,3)26-15(22)20-7-5-19(6-8-20)14-13(25-4)9-12(21(23)24)11(10-17)18-14/h9H,5-8H2,1-4H3. The lowest BCUT2D eigenvalue weighted by Crippen LogP contribution is -2.50. The second-order valence-electron chi connectivity index (χ2n) is 6.71. The highest BCUT2D eigenvalue weighted by molar-refractivity contribution is 5.69. The molecule has 1 saturated heterocycles. The van der Waals surface area contributed by atoms with Gasteiger partial charge in [0.25, 0.3) is 0 Å². The van der Waals surface area contributed by atoms with Gasteiger partial charge >= 0.3 is 11.8 Å². The molecule has 1 amide bonds. The van der Waals surface area contributed by atoms with Crippen LogP contribution in [-0.4, -0.2) is 59.8 Å². The van der Waals surface area contributed by atoms with Crippen LogP contribution in [-0.2, 0) is 4.74 Å². The molecule has 2 rings (SSSR count). The van der Waals surface area contributed by atoms with E-state index in [0.29, 0.717) is 32.0 Å². The van der Waals surface area contributed by atoms with Gasteiger partial charge in [0.15, 0.2) is 11.6 Å². The number of anilines is 1. The van der Waals surface area contributed by atoms with E-state index in [1.54, 1.807) is 31.7 Å². The molecule has 0 spiro atoms. The molecule has 0 saturated carbocycles. The molecule has 0 unspecified atom stereocenters. The summed E-state index contributed by atoms with van der Waals surface area (Å²) in [4.78, 5) is 30.0. The smallest absolute Gasteiger partial charge is 0.410 e. The summed E-state index contributed by atoms with van der Waals surface area (Å²) in [5, 5.41) is 20.2. The fourth-order valence-electron chi connectivity index (χ4n) is 2.50. The molecule has 1 aromatic heterocycles. The molecule has 140 valence electrons. The summed E-state index contributed by atoms with van der Waals surface area (Å²) in [6.07, 6.45) is -0.390. The number of ether oxygens (including phenoxy) is 2. The zero-order valence-electron chi connectivity index (χ0n) is 15.2. The fraction of sp³-hybridized carbons (Fsp3) is 0.562. The van der Waals surface area contributed by atoms with Crippen molar-refractivity contribution >= 4 is 17.6 Å². The van der Waals surface area contributed by atoms with Gasteiger partial charge in [0.2, 0.25) is 5.69 Å². The van der Waals surface area contributed by atoms with E-state index in [0.717, 1.165) is 0 Å². The van der Waals surface area contributed by atoms with Gasteiger partial charge < -0.3 is 19.3 Å². The summed E-state index contributed by atoms with van der Waals surface area (Å²) < 4.78 is 10.6. The molecule has 0 radical (unpaired) electrons. The average molecular weight is 363 g/mol. The molecule has 0 N–H and O–H groups in total. The Bertz CT molecular complexity index is 745. The Labute approximate surface area is 151 Å². The number of hydrogen-bond donors (Lipinski definition) is 0. The number of methoxy groups -OCH3 is 1. The third kappa shape index (κ3) is 4.30. The van der Waals surface area contributed by atoms with E-state index in [4.69, 9.17) is 14.7 Å². The summed E-state index contributed by atoms with van der Waals surface area (Å²) in [7, 11) is 1.38. The Morgan fingerprint density at radius 3 is 2.42 bits per heavy atom. The maximum absolute atomic E-state index is 12.1. The third-order valence-electron chi connectivity index (χ3n) is 3.70. The highest BCUT2D eigenvalue weighted by Crippen LogP contribution is 2.32. The minimum atomic E-state index is -0.668. The Morgan fingerprint density at radius 1 is 1.35 bits per heavy atom. The van der Waals surface area contributed by atoms with E-state index in [9.17, 15) is 14.9 Å². The van der Waals surface area contributed by atoms with Crippen molar-refractivity contribution in [1.82, 2.24) is 9.88 Å². The molecule has 1 aliphatic rings. The molecule has 0 aromatic carbocycles. The largest absolute Gasteiger partial charge is 0.493 e. The first kappa shape index (κ1) is 19.2. The molecule has 0 atom stereocenters. The molecule has 2 heterocycles. The highest BCUT2D eigenvalue weighted by Gasteiger charge is 2.29. The minimum Gasteiger partial charge on any atom is -0.493 e. The van der Waals surface area contributed by atoms with Crippen molar-refractivity contribution in [3.63, 3.8) is 0 Å². The van der Waals surface area contributed by atoms with Crippen LogP contribution in [0, 0.1) is 21.4 Å². The predicted molar refractivity (Wildman–Crippen MR) is 92.2 cm³/mol. The van der Waals surface area contributed by atoms with Gasteiger partial charge in [-0.05, 0) is 20.8 Å². The lowest BCUT2D eigenvalue weighted by Gasteiger charge is -2.36. The van der Waals surface area contributed by atoms with Crippen LogP contribution in [0.15, 0.2) is 6.07 Å².